The number of rotatable bonds is 7. The SMILES string of the molecule is CCc1cccc(CC)c1N(CC(c1ccccc1)c1ccccc1)C(N)=O. The van der Waals surface area contributed by atoms with Gasteiger partial charge in [0.05, 0.1) is 5.69 Å². The van der Waals surface area contributed by atoms with Gasteiger partial charge in [-0.15, -0.1) is 0 Å². The van der Waals surface area contributed by atoms with Crippen molar-refractivity contribution in [1.82, 2.24) is 0 Å². The lowest BCUT2D eigenvalue weighted by molar-refractivity contribution is 0.253. The summed E-state index contributed by atoms with van der Waals surface area (Å²) in [4.78, 5) is 14.3. The molecule has 0 aliphatic carbocycles. The third-order valence-electron chi connectivity index (χ3n) is 5.27. The lowest BCUT2D eigenvalue weighted by Gasteiger charge is -2.30. The Labute approximate surface area is 167 Å². The maximum atomic E-state index is 12.6. The van der Waals surface area contributed by atoms with Crippen molar-refractivity contribution in [2.75, 3.05) is 11.4 Å². The number of urea groups is 1. The van der Waals surface area contributed by atoms with E-state index in [1.807, 2.05) is 36.4 Å². The number of aryl methyl sites for hydroxylation is 2. The lowest BCUT2D eigenvalue weighted by Crippen LogP contribution is -2.40. The average molecular weight is 373 g/mol. The minimum absolute atomic E-state index is 0.0459. The third-order valence-corrected chi connectivity index (χ3v) is 5.27. The van der Waals surface area contributed by atoms with Gasteiger partial charge in [-0.3, -0.25) is 4.90 Å². The van der Waals surface area contributed by atoms with E-state index in [-0.39, 0.29) is 5.92 Å². The normalized spacial score (nSPS) is 10.8. The summed E-state index contributed by atoms with van der Waals surface area (Å²) in [6, 6.07) is 26.5. The smallest absolute Gasteiger partial charge is 0.319 e. The first-order valence-electron chi connectivity index (χ1n) is 9.93. The van der Waals surface area contributed by atoms with Crippen LogP contribution in [0.5, 0.6) is 0 Å². The van der Waals surface area contributed by atoms with E-state index in [0.29, 0.717) is 6.54 Å². The Bertz CT molecular complexity index is 845. The molecule has 0 aliphatic heterocycles. The number of carbonyl (C=O) groups excluding carboxylic acids is 1. The fourth-order valence-electron chi connectivity index (χ4n) is 3.81. The van der Waals surface area contributed by atoms with Crippen LogP contribution in [-0.4, -0.2) is 12.6 Å². The zero-order valence-electron chi connectivity index (χ0n) is 16.6. The van der Waals surface area contributed by atoms with Crippen LogP contribution in [-0.2, 0) is 12.8 Å². The first-order valence-corrected chi connectivity index (χ1v) is 9.93. The molecule has 0 fully saturated rings. The van der Waals surface area contributed by atoms with Crippen molar-refractivity contribution in [2.24, 2.45) is 5.73 Å². The Kier molecular flexibility index (Phi) is 6.49. The maximum Gasteiger partial charge on any atom is 0.319 e. The van der Waals surface area contributed by atoms with Crippen LogP contribution in [0.25, 0.3) is 0 Å². The number of anilines is 1. The highest BCUT2D eigenvalue weighted by Crippen LogP contribution is 2.32. The van der Waals surface area contributed by atoms with E-state index < -0.39 is 6.03 Å². The Morgan fingerprint density at radius 1 is 0.786 bits per heavy atom. The molecule has 0 aromatic heterocycles. The Morgan fingerprint density at radius 2 is 1.25 bits per heavy atom. The van der Waals surface area contributed by atoms with E-state index in [9.17, 15) is 4.79 Å². The van der Waals surface area contributed by atoms with Crippen LogP contribution >= 0.6 is 0 Å². The molecule has 144 valence electrons. The third kappa shape index (κ3) is 4.25. The number of nitrogens with two attached hydrogens (primary N) is 1. The van der Waals surface area contributed by atoms with Gasteiger partial charge in [0.2, 0.25) is 0 Å². The van der Waals surface area contributed by atoms with Gasteiger partial charge in [0.15, 0.2) is 0 Å². The minimum atomic E-state index is -0.410. The second kappa shape index (κ2) is 9.23. The van der Waals surface area contributed by atoms with Crippen molar-refractivity contribution in [3.63, 3.8) is 0 Å². The predicted octanol–water partition coefficient (Wildman–Crippen LogP) is 5.53. The van der Waals surface area contributed by atoms with Gasteiger partial charge in [0.25, 0.3) is 0 Å². The Hall–Kier alpha value is -3.07. The molecule has 3 heteroatoms. The van der Waals surface area contributed by atoms with Crippen molar-refractivity contribution in [1.29, 1.82) is 0 Å². The van der Waals surface area contributed by atoms with Gasteiger partial charge in [0.1, 0.15) is 0 Å². The molecular formula is C25H28N2O. The number of nitrogens with zero attached hydrogens (tertiary/aromatic N) is 1. The number of para-hydroxylation sites is 1. The summed E-state index contributed by atoms with van der Waals surface area (Å²) in [5, 5.41) is 0. The van der Waals surface area contributed by atoms with E-state index in [2.05, 4.69) is 56.3 Å². The van der Waals surface area contributed by atoms with Gasteiger partial charge in [-0.2, -0.15) is 0 Å². The van der Waals surface area contributed by atoms with Gasteiger partial charge in [-0.05, 0) is 35.1 Å². The molecular weight excluding hydrogens is 344 g/mol. The standard InChI is InChI=1S/C25H28N2O/c1-3-19-16-11-17-20(4-2)24(19)27(25(26)28)18-23(21-12-7-5-8-13-21)22-14-9-6-10-15-22/h5-17,23H,3-4,18H2,1-2H3,(H2,26,28). The largest absolute Gasteiger partial charge is 0.351 e. The van der Waals surface area contributed by atoms with Crippen LogP contribution < -0.4 is 10.6 Å². The average Bonchev–Trinajstić information content (AvgIpc) is 2.75. The maximum absolute atomic E-state index is 12.6. The molecule has 0 unspecified atom stereocenters. The van der Waals surface area contributed by atoms with Gasteiger partial charge >= 0.3 is 6.03 Å². The minimum Gasteiger partial charge on any atom is -0.351 e. The highest BCUT2D eigenvalue weighted by atomic mass is 16.2. The summed E-state index contributed by atoms with van der Waals surface area (Å²) >= 11 is 0. The predicted molar refractivity (Wildman–Crippen MR) is 117 cm³/mol. The van der Waals surface area contributed by atoms with Crippen molar-refractivity contribution in [2.45, 2.75) is 32.6 Å². The monoisotopic (exact) mass is 372 g/mol. The zero-order chi connectivity index (χ0) is 19.9. The van der Waals surface area contributed by atoms with Crippen LogP contribution in [0, 0.1) is 0 Å². The molecule has 0 spiro atoms. The molecule has 3 nitrogen and oxygen atoms in total. The molecule has 0 heterocycles. The topological polar surface area (TPSA) is 46.3 Å². The van der Waals surface area contributed by atoms with E-state index in [4.69, 9.17) is 5.73 Å². The zero-order valence-corrected chi connectivity index (χ0v) is 16.6. The fraction of sp³-hybridized carbons (Fsp3) is 0.240. The lowest BCUT2D eigenvalue weighted by atomic mass is 9.90. The second-order valence-corrected chi connectivity index (χ2v) is 6.95. The van der Waals surface area contributed by atoms with Crippen LogP contribution in [0.15, 0.2) is 78.9 Å². The van der Waals surface area contributed by atoms with E-state index in [1.165, 1.54) is 11.1 Å². The number of benzene rings is 3. The molecule has 3 rings (SSSR count). The first kappa shape index (κ1) is 19.7. The van der Waals surface area contributed by atoms with E-state index in [0.717, 1.165) is 29.7 Å². The summed E-state index contributed by atoms with van der Waals surface area (Å²) < 4.78 is 0. The van der Waals surface area contributed by atoms with E-state index >= 15 is 0 Å². The van der Waals surface area contributed by atoms with Crippen molar-refractivity contribution in [3.8, 4) is 0 Å². The van der Waals surface area contributed by atoms with Crippen LogP contribution in [0.4, 0.5) is 10.5 Å². The number of hydrogen-bond donors (Lipinski definition) is 1. The molecule has 0 saturated carbocycles. The fourth-order valence-corrected chi connectivity index (χ4v) is 3.81. The Morgan fingerprint density at radius 3 is 1.64 bits per heavy atom. The number of carbonyl (C=O) groups is 1. The highest BCUT2D eigenvalue weighted by molar-refractivity contribution is 5.93. The summed E-state index contributed by atoms with van der Waals surface area (Å²) in [5.41, 5.74) is 11.5. The molecule has 2 N–H and O–H groups in total. The van der Waals surface area contributed by atoms with Crippen LogP contribution in [0.2, 0.25) is 0 Å². The molecule has 0 aliphatic rings. The van der Waals surface area contributed by atoms with Crippen molar-refractivity contribution < 1.29 is 4.79 Å². The van der Waals surface area contributed by atoms with E-state index in [1.54, 1.807) is 4.90 Å². The summed E-state index contributed by atoms with van der Waals surface area (Å²) in [6.07, 6.45) is 1.71. The van der Waals surface area contributed by atoms with Gasteiger partial charge in [-0.1, -0.05) is 92.7 Å². The Balaban J connectivity index is 2.09. The molecule has 3 aromatic carbocycles. The number of amides is 2. The van der Waals surface area contributed by atoms with Crippen LogP contribution in [0.3, 0.4) is 0 Å². The van der Waals surface area contributed by atoms with Gasteiger partial charge in [-0.25, -0.2) is 4.79 Å². The number of hydrogen-bond acceptors (Lipinski definition) is 1. The highest BCUT2D eigenvalue weighted by Gasteiger charge is 2.24. The molecule has 2 amide bonds. The van der Waals surface area contributed by atoms with Crippen LogP contribution in [0.1, 0.15) is 42.0 Å². The molecule has 0 radical (unpaired) electrons. The quantitative estimate of drug-likeness (QED) is 0.582. The first-order chi connectivity index (χ1) is 13.7. The summed E-state index contributed by atoms with van der Waals surface area (Å²) in [5.74, 6) is 0.0459. The van der Waals surface area contributed by atoms with Crippen molar-refractivity contribution in [3.05, 3.63) is 101 Å². The molecule has 28 heavy (non-hydrogen) atoms. The van der Waals surface area contributed by atoms with Gasteiger partial charge < -0.3 is 5.73 Å². The molecule has 0 bridgehead atoms. The second-order valence-electron chi connectivity index (χ2n) is 6.95. The molecule has 0 saturated heterocycles. The van der Waals surface area contributed by atoms with Gasteiger partial charge in [0, 0.05) is 12.5 Å². The number of primary amides is 1. The van der Waals surface area contributed by atoms with Crippen molar-refractivity contribution >= 4 is 11.7 Å². The summed E-state index contributed by atoms with van der Waals surface area (Å²) in [7, 11) is 0. The molecule has 0 atom stereocenters. The molecule has 3 aromatic rings. The summed E-state index contributed by atoms with van der Waals surface area (Å²) in [6.45, 7) is 4.74.